The number of rotatable bonds is 5. The van der Waals surface area contributed by atoms with Gasteiger partial charge in [0.2, 0.25) is 0 Å². The number of anilines is 1. The summed E-state index contributed by atoms with van der Waals surface area (Å²) in [5.41, 5.74) is 1.73. The van der Waals surface area contributed by atoms with Crippen LogP contribution >= 0.6 is 0 Å². The quantitative estimate of drug-likeness (QED) is 0.734. The van der Waals surface area contributed by atoms with Gasteiger partial charge < -0.3 is 5.32 Å². The van der Waals surface area contributed by atoms with Crippen LogP contribution in [-0.2, 0) is 15.6 Å². The molecule has 0 unspecified atom stereocenters. The largest absolute Gasteiger partial charge is 0.322 e. The van der Waals surface area contributed by atoms with Gasteiger partial charge in [-0.25, -0.2) is 8.42 Å². The number of benzene rings is 3. The predicted molar refractivity (Wildman–Crippen MR) is 103 cm³/mol. The van der Waals surface area contributed by atoms with Crippen LogP contribution in [0.1, 0.15) is 21.5 Å². The Labute approximate surface area is 157 Å². The van der Waals surface area contributed by atoms with Gasteiger partial charge in [0, 0.05) is 11.3 Å². The van der Waals surface area contributed by atoms with E-state index in [1.54, 1.807) is 66.7 Å². The van der Waals surface area contributed by atoms with Crippen molar-refractivity contribution in [3.8, 4) is 6.07 Å². The van der Waals surface area contributed by atoms with Gasteiger partial charge in [-0.15, -0.1) is 0 Å². The summed E-state index contributed by atoms with van der Waals surface area (Å²) in [6.45, 7) is 0. The van der Waals surface area contributed by atoms with E-state index in [9.17, 15) is 13.2 Å². The molecule has 27 heavy (non-hydrogen) atoms. The molecule has 0 heterocycles. The van der Waals surface area contributed by atoms with Gasteiger partial charge in [0.15, 0.2) is 9.84 Å². The minimum Gasteiger partial charge on any atom is -0.322 e. The molecule has 0 aliphatic heterocycles. The minimum absolute atomic E-state index is 0.215. The van der Waals surface area contributed by atoms with Crippen LogP contribution in [-0.4, -0.2) is 14.3 Å². The zero-order valence-corrected chi connectivity index (χ0v) is 15.1. The van der Waals surface area contributed by atoms with Crippen molar-refractivity contribution >= 4 is 21.4 Å². The van der Waals surface area contributed by atoms with Crippen molar-refractivity contribution in [2.75, 3.05) is 5.32 Å². The first kappa shape index (κ1) is 18.4. The first-order chi connectivity index (χ1) is 13.0. The van der Waals surface area contributed by atoms with Gasteiger partial charge in [-0.3, -0.25) is 4.79 Å². The summed E-state index contributed by atoms with van der Waals surface area (Å²) in [4.78, 5) is 12.9. The van der Waals surface area contributed by atoms with E-state index in [1.807, 2.05) is 6.07 Å². The monoisotopic (exact) mass is 376 g/mol. The Hall–Kier alpha value is -3.43. The van der Waals surface area contributed by atoms with Crippen LogP contribution in [0.3, 0.4) is 0 Å². The number of nitrogens with one attached hydrogen (secondary N) is 1. The molecule has 5 nitrogen and oxygen atoms in total. The Bertz CT molecular complexity index is 1100. The second kappa shape index (κ2) is 7.85. The number of carbonyl (C=O) groups is 1. The van der Waals surface area contributed by atoms with E-state index in [0.29, 0.717) is 22.4 Å². The molecule has 3 aromatic rings. The van der Waals surface area contributed by atoms with E-state index in [-0.39, 0.29) is 10.6 Å². The molecule has 3 aromatic carbocycles. The van der Waals surface area contributed by atoms with Crippen molar-refractivity contribution < 1.29 is 13.2 Å². The van der Waals surface area contributed by atoms with Gasteiger partial charge in [-0.2, -0.15) is 5.26 Å². The molecule has 0 saturated heterocycles. The van der Waals surface area contributed by atoms with Crippen LogP contribution in [0.2, 0.25) is 0 Å². The molecule has 0 aliphatic carbocycles. The summed E-state index contributed by atoms with van der Waals surface area (Å²) in [7, 11) is -3.57. The number of hydrogen-bond acceptors (Lipinski definition) is 4. The van der Waals surface area contributed by atoms with E-state index in [2.05, 4.69) is 5.32 Å². The summed E-state index contributed by atoms with van der Waals surface area (Å²) in [5.74, 6) is -0.674. The molecule has 0 bridgehead atoms. The third-order valence-electron chi connectivity index (χ3n) is 3.98. The fourth-order valence-corrected chi connectivity index (χ4v) is 4.01. The molecule has 0 fully saturated rings. The van der Waals surface area contributed by atoms with Gasteiger partial charge in [0.1, 0.15) is 0 Å². The lowest BCUT2D eigenvalue weighted by molar-refractivity contribution is 0.102. The van der Waals surface area contributed by atoms with Crippen LogP contribution in [0.15, 0.2) is 83.8 Å². The Morgan fingerprint density at radius 2 is 1.52 bits per heavy atom. The number of nitrogens with zero attached hydrogens (tertiary/aromatic N) is 1. The second-order valence-corrected chi connectivity index (χ2v) is 7.86. The highest BCUT2D eigenvalue weighted by atomic mass is 32.2. The number of carbonyl (C=O) groups excluding carboxylic acids is 1. The molecular formula is C21H16N2O3S. The lowest BCUT2D eigenvalue weighted by Gasteiger charge is -2.11. The van der Waals surface area contributed by atoms with E-state index < -0.39 is 15.7 Å². The van der Waals surface area contributed by atoms with Crippen LogP contribution < -0.4 is 5.32 Å². The highest BCUT2D eigenvalue weighted by Crippen LogP contribution is 2.20. The van der Waals surface area contributed by atoms with Crippen molar-refractivity contribution in [3.63, 3.8) is 0 Å². The van der Waals surface area contributed by atoms with Gasteiger partial charge in [-0.05, 0) is 48.0 Å². The van der Waals surface area contributed by atoms with Gasteiger partial charge in [-0.1, -0.05) is 36.4 Å². The van der Waals surface area contributed by atoms with Crippen LogP contribution in [0.25, 0.3) is 0 Å². The molecule has 0 radical (unpaired) electrons. The summed E-state index contributed by atoms with van der Waals surface area (Å²) in [6.07, 6.45) is 0. The average molecular weight is 376 g/mol. The predicted octanol–water partition coefficient (Wildman–Crippen LogP) is 3.78. The Kier molecular flexibility index (Phi) is 5.34. The SMILES string of the molecule is N#Cc1ccc(NC(=O)c2ccccc2CS(=O)(=O)c2ccccc2)cc1. The van der Waals surface area contributed by atoms with Gasteiger partial charge in [0.05, 0.1) is 22.3 Å². The maximum atomic E-state index is 12.6. The van der Waals surface area contributed by atoms with Crippen molar-refractivity contribution in [2.45, 2.75) is 10.6 Å². The van der Waals surface area contributed by atoms with E-state index >= 15 is 0 Å². The van der Waals surface area contributed by atoms with Gasteiger partial charge >= 0.3 is 0 Å². The number of amides is 1. The van der Waals surface area contributed by atoms with Crippen molar-refractivity contribution in [3.05, 3.63) is 95.6 Å². The molecule has 0 spiro atoms. The molecule has 0 atom stereocenters. The third-order valence-corrected chi connectivity index (χ3v) is 5.66. The first-order valence-corrected chi connectivity index (χ1v) is 9.82. The highest BCUT2D eigenvalue weighted by molar-refractivity contribution is 7.90. The first-order valence-electron chi connectivity index (χ1n) is 8.17. The summed E-state index contributed by atoms with van der Waals surface area (Å²) in [6, 6.07) is 23.2. The fraction of sp³-hybridized carbons (Fsp3) is 0.0476. The molecule has 1 amide bonds. The van der Waals surface area contributed by atoms with E-state index in [1.165, 1.54) is 12.1 Å². The molecule has 3 rings (SSSR count). The van der Waals surface area contributed by atoms with Crippen LogP contribution in [0.5, 0.6) is 0 Å². The molecule has 134 valence electrons. The lowest BCUT2D eigenvalue weighted by Crippen LogP contribution is -2.16. The normalized spacial score (nSPS) is 10.8. The van der Waals surface area contributed by atoms with Crippen molar-refractivity contribution in [1.82, 2.24) is 0 Å². The molecule has 0 aliphatic rings. The standard InChI is InChI=1S/C21H16N2O3S/c22-14-16-10-12-18(13-11-16)23-21(24)20-9-5-4-6-17(20)15-27(25,26)19-7-2-1-3-8-19/h1-13H,15H2,(H,23,24). The number of sulfone groups is 1. The fourth-order valence-electron chi connectivity index (χ4n) is 2.61. The molecule has 6 heteroatoms. The second-order valence-electron chi connectivity index (χ2n) is 5.87. The van der Waals surface area contributed by atoms with Gasteiger partial charge in [0.25, 0.3) is 5.91 Å². The average Bonchev–Trinajstić information content (AvgIpc) is 2.69. The number of nitriles is 1. The van der Waals surface area contributed by atoms with E-state index in [0.717, 1.165) is 0 Å². The summed E-state index contributed by atoms with van der Waals surface area (Å²) >= 11 is 0. The maximum absolute atomic E-state index is 12.6. The lowest BCUT2D eigenvalue weighted by atomic mass is 10.1. The Morgan fingerprint density at radius 3 is 2.19 bits per heavy atom. The minimum atomic E-state index is -3.57. The maximum Gasteiger partial charge on any atom is 0.255 e. The van der Waals surface area contributed by atoms with Crippen molar-refractivity contribution in [2.24, 2.45) is 0 Å². The zero-order valence-electron chi connectivity index (χ0n) is 14.3. The van der Waals surface area contributed by atoms with Crippen LogP contribution in [0.4, 0.5) is 5.69 Å². The Morgan fingerprint density at radius 1 is 0.889 bits per heavy atom. The molecule has 0 aromatic heterocycles. The molecule has 0 saturated carbocycles. The Balaban J connectivity index is 1.85. The zero-order chi connectivity index (χ0) is 19.3. The third kappa shape index (κ3) is 4.40. The van der Waals surface area contributed by atoms with Crippen LogP contribution in [0, 0.1) is 11.3 Å². The number of hydrogen-bond donors (Lipinski definition) is 1. The molecular weight excluding hydrogens is 360 g/mol. The van der Waals surface area contributed by atoms with Crippen molar-refractivity contribution in [1.29, 1.82) is 5.26 Å². The molecule has 1 N–H and O–H groups in total. The summed E-state index contributed by atoms with van der Waals surface area (Å²) < 4.78 is 25.3. The topological polar surface area (TPSA) is 87.0 Å². The van der Waals surface area contributed by atoms with E-state index in [4.69, 9.17) is 5.26 Å². The summed E-state index contributed by atoms with van der Waals surface area (Å²) in [5, 5.41) is 11.6. The highest BCUT2D eigenvalue weighted by Gasteiger charge is 2.19. The smallest absolute Gasteiger partial charge is 0.255 e.